The third kappa shape index (κ3) is 6.87. The van der Waals surface area contributed by atoms with E-state index in [2.05, 4.69) is 10.0 Å². The molecule has 1 aliphatic carbocycles. The van der Waals surface area contributed by atoms with Gasteiger partial charge in [-0.3, -0.25) is 9.59 Å². The van der Waals surface area contributed by atoms with Crippen molar-refractivity contribution in [3.8, 4) is 0 Å². The summed E-state index contributed by atoms with van der Waals surface area (Å²) in [6.07, 6.45) is 1.88. The Balaban J connectivity index is 2.27. The smallest absolute Gasteiger partial charge is 0.306 e. The molecule has 0 aromatic heterocycles. The molecule has 1 amide bonds. The van der Waals surface area contributed by atoms with E-state index in [9.17, 15) is 18.0 Å². The molecule has 1 fully saturated rings. The van der Waals surface area contributed by atoms with Crippen molar-refractivity contribution in [1.29, 1.82) is 0 Å². The number of aliphatic carboxylic acids is 1. The highest BCUT2D eigenvalue weighted by Gasteiger charge is 2.30. The molecule has 0 bridgehead atoms. The molecule has 9 heteroatoms. The lowest BCUT2D eigenvalue weighted by Gasteiger charge is -2.13. The lowest BCUT2D eigenvalue weighted by atomic mass is 10.1. The second kappa shape index (κ2) is 8.30. The molecule has 1 saturated carbocycles. The van der Waals surface area contributed by atoms with Crippen molar-refractivity contribution in [2.24, 2.45) is 5.92 Å². The fourth-order valence-corrected chi connectivity index (χ4v) is 3.25. The van der Waals surface area contributed by atoms with E-state index in [4.69, 9.17) is 9.84 Å². The number of hydrogen-bond donors (Lipinski definition) is 3. The zero-order valence-corrected chi connectivity index (χ0v) is 12.8. The number of nitrogens with one attached hydrogen (secondary N) is 2. The number of amides is 1. The summed E-state index contributed by atoms with van der Waals surface area (Å²) < 4.78 is 30.1. The van der Waals surface area contributed by atoms with Gasteiger partial charge in [0.2, 0.25) is 15.9 Å². The zero-order chi connectivity index (χ0) is 15.9. The van der Waals surface area contributed by atoms with Gasteiger partial charge in [-0.2, -0.15) is 0 Å². The third-order valence-corrected chi connectivity index (χ3v) is 4.77. The number of rotatable bonds is 9. The predicted molar refractivity (Wildman–Crippen MR) is 75.2 cm³/mol. The van der Waals surface area contributed by atoms with Crippen molar-refractivity contribution in [2.75, 3.05) is 26.0 Å². The Kier molecular flexibility index (Phi) is 7.06. The quantitative estimate of drug-likeness (QED) is 0.483. The first kappa shape index (κ1) is 17.9. The lowest BCUT2D eigenvalue weighted by Crippen LogP contribution is -2.41. The fourth-order valence-electron chi connectivity index (χ4n) is 2.26. The van der Waals surface area contributed by atoms with Crippen molar-refractivity contribution in [2.45, 2.75) is 31.7 Å². The molecule has 0 aliphatic heterocycles. The van der Waals surface area contributed by atoms with Gasteiger partial charge in [-0.1, -0.05) is 0 Å². The molecular weight excluding hydrogens is 300 g/mol. The molecule has 0 saturated heterocycles. The molecule has 122 valence electrons. The topological polar surface area (TPSA) is 122 Å². The van der Waals surface area contributed by atoms with Crippen molar-refractivity contribution in [3.05, 3.63) is 0 Å². The molecule has 0 aromatic rings. The minimum absolute atomic E-state index is 0.0986. The van der Waals surface area contributed by atoms with Crippen LogP contribution >= 0.6 is 0 Å². The number of methoxy groups -OCH3 is 1. The van der Waals surface area contributed by atoms with Crippen molar-refractivity contribution >= 4 is 21.9 Å². The van der Waals surface area contributed by atoms with Gasteiger partial charge in [-0.15, -0.1) is 0 Å². The van der Waals surface area contributed by atoms with Crippen molar-refractivity contribution in [3.63, 3.8) is 0 Å². The van der Waals surface area contributed by atoms with E-state index in [0.717, 1.165) is 0 Å². The highest BCUT2D eigenvalue weighted by atomic mass is 32.2. The minimum Gasteiger partial charge on any atom is -0.481 e. The highest BCUT2D eigenvalue weighted by Crippen LogP contribution is 2.25. The molecule has 8 nitrogen and oxygen atoms in total. The average Bonchev–Trinajstić information content (AvgIpc) is 2.85. The largest absolute Gasteiger partial charge is 0.481 e. The number of carboxylic acid groups (broad SMARTS) is 1. The molecule has 0 aromatic carbocycles. The average molecular weight is 322 g/mol. The number of carbonyl (C=O) groups is 2. The van der Waals surface area contributed by atoms with E-state index < -0.39 is 27.8 Å². The minimum atomic E-state index is -3.49. The first-order valence-electron chi connectivity index (χ1n) is 6.82. The van der Waals surface area contributed by atoms with Crippen LogP contribution in [0, 0.1) is 5.92 Å². The molecule has 0 spiro atoms. The summed E-state index contributed by atoms with van der Waals surface area (Å²) in [5.41, 5.74) is 0. The normalized spacial score (nSPS) is 22.1. The van der Waals surface area contributed by atoms with Gasteiger partial charge in [-0.25, -0.2) is 13.1 Å². The van der Waals surface area contributed by atoms with Gasteiger partial charge in [0, 0.05) is 19.8 Å². The van der Waals surface area contributed by atoms with Crippen LogP contribution in [-0.4, -0.2) is 57.5 Å². The first-order valence-corrected chi connectivity index (χ1v) is 8.47. The molecule has 0 radical (unpaired) electrons. The van der Waals surface area contributed by atoms with Gasteiger partial charge in [0.15, 0.2) is 0 Å². The standard InChI is InChI=1S/C12H22N2O6S/c1-20-5-2-6-21(18,19)13-8-11(15)14-10-4-3-9(7-10)12(16)17/h9-10,13H,2-8H2,1H3,(H,14,15)(H,16,17)/t9-,10+/m1/s1. The predicted octanol–water partition coefficient (Wildman–Crippen LogP) is -0.688. The van der Waals surface area contributed by atoms with Gasteiger partial charge in [0.05, 0.1) is 18.2 Å². The van der Waals surface area contributed by atoms with Crippen LogP contribution in [0.15, 0.2) is 0 Å². The lowest BCUT2D eigenvalue weighted by molar-refractivity contribution is -0.141. The van der Waals surface area contributed by atoms with Gasteiger partial charge in [-0.05, 0) is 25.7 Å². The summed E-state index contributed by atoms with van der Waals surface area (Å²) in [4.78, 5) is 22.4. The Morgan fingerprint density at radius 2 is 2.05 bits per heavy atom. The molecule has 1 rings (SSSR count). The summed E-state index contributed by atoms with van der Waals surface area (Å²) in [5, 5.41) is 11.5. The van der Waals surface area contributed by atoms with Crippen LogP contribution in [0.25, 0.3) is 0 Å². The van der Waals surface area contributed by atoms with Crippen molar-refractivity contribution in [1.82, 2.24) is 10.0 Å². The Labute approximate surface area is 124 Å². The third-order valence-electron chi connectivity index (χ3n) is 3.36. The maximum Gasteiger partial charge on any atom is 0.306 e. The van der Waals surface area contributed by atoms with E-state index in [0.29, 0.717) is 32.3 Å². The fraction of sp³-hybridized carbons (Fsp3) is 0.833. The molecule has 0 heterocycles. The maximum absolute atomic E-state index is 11.6. The van der Waals surface area contributed by atoms with Crippen molar-refractivity contribution < 1.29 is 27.9 Å². The van der Waals surface area contributed by atoms with E-state index in [1.165, 1.54) is 7.11 Å². The van der Waals surface area contributed by atoms with Crippen LogP contribution in [0.5, 0.6) is 0 Å². The van der Waals surface area contributed by atoms with Crippen LogP contribution < -0.4 is 10.0 Å². The van der Waals surface area contributed by atoms with Crippen LogP contribution in [-0.2, 0) is 24.3 Å². The van der Waals surface area contributed by atoms with Gasteiger partial charge >= 0.3 is 5.97 Å². The second-order valence-corrected chi connectivity index (χ2v) is 7.03. The summed E-state index contributed by atoms with van der Waals surface area (Å²) in [6, 6.07) is -0.198. The van der Waals surface area contributed by atoms with Crippen LogP contribution in [0.1, 0.15) is 25.7 Å². The van der Waals surface area contributed by atoms with Gasteiger partial charge in [0.1, 0.15) is 0 Å². The van der Waals surface area contributed by atoms with E-state index >= 15 is 0 Å². The number of carbonyl (C=O) groups excluding carboxylic acids is 1. The Hall–Kier alpha value is -1.19. The molecular formula is C12H22N2O6S. The number of carboxylic acids is 1. The maximum atomic E-state index is 11.6. The van der Waals surface area contributed by atoms with Gasteiger partial charge in [0.25, 0.3) is 0 Å². The molecule has 1 aliphatic rings. The SMILES string of the molecule is COCCCS(=O)(=O)NCC(=O)N[C@H]1CC[C@@H](C(=O)O)C1. The van der Waals surface area contributed by atoms with Crippen LogP contribution in [0.4, 0.5) is 0 Å². The highest BCUT2D eigenvalue weighted by molar-refractivity contribution is 7.89. The Morgan fingerprint density at radius 1 is 1.33 bits per heavy atom. The Morgan fingerprint density at radius 3 is 2.62 bits per heavy atom. The zero-order valence-electron chi connectivity index (χ0n) is 12.0. The number of sulfonamides is 1. The molecule has 21 heavy (non-hydrogen) atoms. The Bertz CT molecular complexity index is 464. The van der Waals surface area contributed by atoms with Crippen LogP contribution in [0.2, 0.25) is 0 Å². The molecule has 0 unspecified atom stereocenters. The molecule has 3 N–H and O–H groups in total. The number of hydrogen-bond acceptors (Lipinski definition) is 5. The van der Waals surface area contributed by atoms with E-state index in [1.54, 1.807) is 0 Å². The van der Waals surface area contributed by atoms with E-state index in [-0.39, 0.29) is 18.3 Å². The summed E-state index contributed by atoms with van der Waals surface area (Å²) in [7, 11) is -2.01. The summed E-state index contributed by atoms with van der Waals surface area (Å²) >= 11 is 0. The van der Waals surface area contributed by atoms with E-state index in [1.807, 2.05) is 0 Å². The second-order valence-electron chi connectivity index (χ2n) is 5.10. The monoisotopic (exact) mass is 322 g/mol. The van der Waals surface area contributed by atoms with Gasteiger partial charge < -0.3 is 15.2 Å². The molecule has 2 atom stereocenters. The first-order chi connectivity index (χ1) is 9.84. The summed E-state index contributed by atoms with van der Waals surface area (Å²) in [6.45, 7) is 0.00924. The van der Waals surface area contributed by atoms with Crippen LogP contribution in [0.3, 0.4) is 0 Å². The summed E-state index contributed by atoms with van der Waals surface area (Å²) in [5.74, 6) is -1.83. The number of ether oxygens (including phenoxy) is 1.